The number of carbonyl (C=O) groups is 1. The molecular weight excluding hydrogens is 334 g/mol. The van der Waals surface area contributed by atoms with Crippen molar-refractivity contribution in [2.45, 2.75) is 13.0 Å². The molecule has 8 heteroatoms. The number of nitrogens with zero attached hydrogens (tertiary/aromatic N) is 3. The van der Waals surface area contributed by atoms with Crippen molar-refractivity contribution in [3.05, 3.63) is 60.7 Å². The van der Waals surface area contributed by atoms with Crippen LogP contribution in [0.25, 0.3) is 5.69 Å². The number of benzene rings is 2. The average Bonchev–Trinajstić information content (AvgIpc) is 3.33. The van der Waals surface area contributed by atoms with Crippen molar-refractivity contribution in [3.8, 4) is 17.2 Å². The van der Waals surface area contributed by atoms with Gasteiger partial charge in [-0.15, -0.1) is 0 Å². The average molecular weight is 351 g/mol. The summed E-state index contributed by atoms with van der Waals surface area (Å²) in [5.74, 6) is 1.30. The molecule has 26 heavy (non-hydrogen) atoms. The van der Waals surface area contributed by atoms with Gasteiger partial charge in [0.05, 0.1) is 11.7 Å². The Bertz CT molecular complexity index is 909. The summed E-state index contributed by atoms with van der Waals surface area (Å²) in [4.78, 5) is 16.2. The predicted molar refractivity (Wildman–Crippen MR) is 94.5 cm³/mol. The summed E-state index contributed by atoms with van der Waals surface area (Å²) in [7, 11) is 0. The van der Waals surface area contributed by atoms with E-state index in [-0.39, 0.29) is 18.9 Å². The first-order valence-corrected chi connectivity index (χ1v) is 8.11. The minimum Gasteiger partial charge on any atom is -0.454 e. The van der Waals surface area contributed by atoms with Crippen LogP contribution in [-0.4, -0.2) is 27.6 Å². The van der Waals surface area contributed by atoms with Crippen LogP contribution in [0.1, 0.15) is 18.5 Å². The Morgan fingerprint density at radius 2 is 1.96 bits per heavy atom. The Balaban J connectivity index is 1.38. The summed E-state index contributed by atoms with van der Waals surface area (Å²) in [5, 5.41) is 9.80. The fraction of sp³-hybridized carbons (Fsp3) is 0.167. The van der Waals surface area contributed by atoms with Crippen LogP contribution >= 0.6 is 0 Å². The maximum Gasteiger partial charge on any atom is 0.319 e. The Morgan fingerprint density at radius 1 is 1.15 bits per heavy atom. The van der Waals surface area contributed by atoms with Crippen molar-refractivity contribution in [1.82, 2.24) is 20.1 Å². The van der Waals surface area contributed by atoms with Crippen molar-refractivity contribution in [3.63, 3.8) is 0 Å². The highest BCUT2D eigenvalue weighted by atomic mass is 16.7. The van der Waals surface area contributed by atoms with E-state index in [1.54, 1.807) is 29.2 Å². The molecule has 4 rings (SSSR count). The van der Waals surface area contributed by atoms with Crippen LogP contribution in [0.4, 0.5) is 10.5 Å². The summed E-state index contributed by atoms with van der Waals surface area (Å²) < 4.78 is 12.2. The van der Waals surface area contributed by atoms with Gasteiger partial charge < -0.3 is 20.1 Å². The minimum absolute atomic E-state index is 0.159. The molecule has 0 spiro atoms. The van der Waals surface area contributed by atoms with Gasteiger partial charge in [-0.1, -0.05) is 12.1 Å². The van der Waals surface area contributed by atoms with E-state index in [1.807, 2.05) is 31.2 Å². The van der Waals surface area contributed by atoms with Crippen LogP contribution in [0.3, 0.4) is 0 Å². The van der Waals surface area contributed by atoms with E-state index in [2.05, 4.69) is 20.7 Å². The van der Waals surface area contributed by atoms with Crippen LogP contribution in [0.5, 0.6) is 11.5 Å². The Labute approximate surface area is 149 Å². The Kier molecular flexibility index (Phi) is 4.14. The first-order chi connectivity index (χ1) is 12.7. The lowest BCUT2D eigenvalue weighted by molar-refractivity contribution is 0.174. The third-order valence-corrected chi connectivity index (χ3v) is 4.05. The minimum atomic E-state index is -0.295. The number of fused-ring (bicyclic) bond motifs is 1. The van der Waals surface area contributed by atoms with Crippen molar-refractivity contribution < 1.29 is 14.3 Å². The van der Waals surface area contributed by atoms with E-state index in [0.29, 0.717) is 17.2 Å². The van der Waals surface area contributed by atoms with Crippen molar-refractivity contribution in [2.24, 2.45) is 0 Å². The maximum absolute atomic E-state index is 12.2. The molecule has 1 aromatic heterocycles. The van der Waals surface area contributed by atoms with Gasteiger partial charge in [0.25, 0.3) is 0 Å². The van der Waals surface area contributed by atoms with Crippen LogP contribution in [0.2, 0.25) is 0 Å². The van der Waals surface area contributed by atoms with E-state index in [9.17, 15) is 4.79 Å². The van der Waals surface area contributed by atoms with Crippen LogP contribution in [-0.2, 0) is 0 Å². The summed E-state index contributed by atoms with van der Waals surface area (Å²) in [5.41, 5.74) is 2.53. The maximum atomic E-state index is 12.2. The number of amides is 2. The summed E-state index contributed by atoms with van der Waals surface area (Å²) >= 11 is 0. The molecule has 1 aliphatic rings. The van der Waals surface area contributed by atoms with Gasteiger partial charge in [0.1, 0.15) is 12.7 Å². The molecule has 0 aliphatic carbocycles. The lowest BCUT2D eigenvalue weighted by Gasteiger charge is -2.15. The number of urea groups is 1. The lowest BCUT2D eigenvalue weighted by atomic mass is 10.1. The molecular formula is C18H17N5O3. The zero-order valence-corrected chi connectivity index (χ0v) is 14.0. The molecule has 132 valence electrons. The van der Waals surface area contributed by atoms with Gasteiger partial charge in [0.15, 0.2) is 11.5 Å². The number of hydrogen-bond acceptors (Lipinski definition) is 5. The predicted octanol–water partition coefficient (Wildman–Crippen LogP) is 2.88. The lowest BCUT2D eigenvalue weighted by Crippen LogP contribution is -2.31. The van der Waals surface area contributed by atoms with E-state index < -0.39 is 0 Å². The number of rotatable bonds is 4. The van der Waals surface area contributed by atoms with Crippen LogP contribution < -0.4 is 20.1 Å². The number of ether oxygens (including phenoxy) is 2. The van der Waals surface area contributed by atoms with Gasteiger partial charge in [0, 0.05) is 11.8 Å². The third-order valence-electron chi connectivity index (χ3n) is 4.05. The van der Waals surface area contributed by atoms with Gasteiger partial charge >= 0.3 is 6.03 Å². The van der Waals surface area contributed by atoms with E-state index in [0.717, 1.165) is 11.3 Å². The third kappa shape index (κ3) is 3.30. The van der Waals surface area contributed by atoms with Gasteiger partial charge in [-0.3, -0.25) is 0 Å². The molecule has 0 unspecified atom stereocenters. The van der Waals surface area contributed by atoms with E-state index in [1.165, 1.54) is 6.33 Å². The fourth-order valence-corrected chi connectivity index (χ4v) is 2.68. The highest BCUT2D eigenvalue weighted by Crippen LogP contribution is 2.34. The molecule has 2 aromatic carbocycles. The summed E-state index contributed by atoms with van der Waals surface area (Å²) in [6.07, 6.45) is 3.12. The number of hydrogen-bond donors (Lipinski definition) is 2. The first-order valence-electron chi connectivity index (χ1n) is 8.11. The quantitative estimate of drug-likeness (QED) is 0.754. The largest absolute Gasteiger partial charge is 0.454 e. The van der Waals surface area contributed by atoms with Crippen LogP contribution in [0, 0.1) is 0 Å². The van der Waals surface area contributed by atoms with E-state index in [4.69, 9.17) is 9.47 Å². The van der Waals surface area contributed by atoms with Crippen LogP contribution in [0.15, 0.2) is 55.1 Å². The second-order valence-corrected chi connectivity index (χ2v) is 5.82. The topological polar surface area (TPSA) is 90.3 Å². The molecule has 8 nitrogen and oxygen atoms in total. The standard InChI is InChI=1S/C18H17N5O3/c1-12(13-2-5-15(6-3-13)23-10-19-9-20-23)21-18(24)22-14-4-7-16-17(8-14)26-11-25-16/h2-10,12H,11H2,1H3,(H2,21,22,24)/t12-/m1/s1. The van der Waals surface area contributed by atoms with Gasteiger partial charge in [-0.2, -0.15) is 5.10 Å². The summed E-state index contributed by atoms with van der Waals surface area (Å²) in [6.45, 7) is 2.12. The SMILES string of the molecule is C[C@@H](NC(=O)Nc1ccc2c(c1)OCO2)c1ccc(-n2cncn2)cc1. The molecule has 0 bridgehead atoms. The smallest absolute Gasteiger partial charge is 0.319 e. The number of nitrogens with one attached hydrogen (secondary N) is 2. The normalized spacial score (nSPS) is 13.3. The molecule has 0 fully saturated rings. The molecule has 0 saturated heterocycles. The van der Waals surface area contributed by atoms with Crippen molar-refractivity contribution >= 4 is 11.7 Å². The highest BCUT2D eigenvalue weighted by Gasteiger charge is 2.15. The number of aromatic nitrogens is 3. The second kappa shape index (κ2) is 6.75. The van der Waals surface area contributed by atoms with Crippen molar-refractivity contribution in [1.29, 1.82) is 0 Å². The zero-order valence-electron chi connectivity index (χ0n) is 14.0. The Hall–Kier alpha value is -3.55. The molecule has 1 aliphatic heterocycles. The molecule has 3 aromatic rings. The molecule has 1 atom stereocenters. The Morgan fingerprint density at radius 3 is 2.73 bits per heavy atom. The molecule has 2 heterocycles. The molecule has 2 N–H and O–H groups in total. The molecule has 0 saturated carbocycles. The molecule has 2 amide bonds. The first kappa shape index (κ1) is 15.9. The zero-order chi connectivity index (χ0) is 17.9. The van der Waals surface area contributed by atoms with Gasteiger partial charge in [-0.25, -0.2) is 14.5 Å². The van der Waals surface area contributed by atoms with Gasteiger partial charge in [0.2, 0.25) is 6.79 Å². The number of carbonyl (C=O) groups excluding carboxylic acids is 1. The summed E-state index contributed by atoms with van der Waals surface area (Å²) in [6, 6.07) is 12.6. The van der Waals surface area contributed by atoms with Gasteiger partial charge in [-0.05, 0) is 36.8 Å². The van der Waals surface area contributed by atoms with E-state index >= 15 is 0 Å². The monoisotopic (exact) mass is 351 g/mol. The second-order valence-electron chi connectivity index (χ2n) is 5.82. The number of anilines is 1. The van der Waals surface area contributed by atoms with Crippen molar-refractivity contribution in [2.75, 3.05) is 12.1 Å². The highest BCUT2D eigenvalue weighted by molar-refractivity contribution is 5.90. The fourth-order valence-electron chi connectivity index (χ4n) is 2.68. The molecule has 0 radical (unpaired) electrons.